The van der Waals surface area contributed by atoms with E-state index in [1.165, 1.54) is 0 Å². The number of hydrogen-bond donors (Lipinski definition) is 2. The van der Waals surface area contributed by atoms with Gasteiger partial charge in [-0.3, -0.25) is 0 Å². The predicted octanol–water partition coefficient (Wildman–Crippen LogP) is -1.19. The van der Waals surface area contributed by atoms with Gasteiger partial charge in [-0.05, 0) is 18.8 Å². The smallest absolute Gasteiger partial charge is 0.151 e. The second-order valence-electron chi connectivity index (χ2n) is 3.19. The standard InChI is InChI=1S/C7H16O3Si/c8-6(9)4-5-2-1-3-10-7(5)11/h5-9H,1-4H2,11H3. The summed E-state index contributed by atoms with van der Waals surface area (Å²) in [6, 6.07) is 0. The minimum absolute atomic E-state index is 0.325. The van der Waals surface area contributed by atoms with E-state index in [1.54, 1.807) is 0 Å². The quantitative estimate of drug-likeness (QED) is 0.411. The molecule has 3 nitrogen and oxygen atoms in total. The largest absolute Gasteiger partial charge is 0.382 e. The Morgan fingerprint density at radius 1 is 1.55 bits per heavy atom. The zero-order valence-corrected chi connectivity index (χ0v) is 8.86. The van der Waals surface area contributed by atoms with Crippen molar-refractivity contribution in [3.05, 3.63) is 0 Å². The van der Waals surface area contributed by atoms with Crippen molar-refractivity contribution >= 4 is 10.2 Å². The minimum Gasteiger partial charge on any atom is -0.382 e. The van der Waals surface area contributed by atoms with Crippen molar-refractivity contribution in [1.29, 1.82) is 0 Å². The lowest BCUT2D eigenvalue weighted by Crippen LogP contribution is -2.32. The van der Waals surface area contributed by atoms with Gasteiger partial charge in [0.1, 0.15) is 0 Å². The van der Waals surface area contributed by atoms with Gasteiger partial charge in [0, 0.05) is 29.0 Å². The summed E-state index contributed by atoms with van der Waals surface area (Å²) in [5.74, 6) is 0.385. The molecule has 2 atom stereocenters. The molecule has 1 aliphatic rings. The van der Waals surface area contributed by atoms with Crippen molar-refractivity contribution in [2.75, 3.05) is 6.61 Å². The van der Waals surface area contributed by atoms with E-state index in [9.17, 15) is 0 Å². The molecule has 0 aromatic rings. The zero-order chi connectivity index (χ0) is 8.27. The van der Waals surface area contributed by atoms with E-state index in [2.05, 4.69) is 0 Å². The average molecular weight is 176 g/mol. The van der Waals surface area contributed by atoms with Crippen LogP contribution in [0.2, 0.25) is 0 Å². The summed E-state index contributed by atoms with van der Waals surface area (Å²) in [4.78, 5) is 0. The molecule has 66 valence electrons. The highest BCUT2D eigenvalue weighted by atomic mass is 28.1. The van der Waals surface area contributed by atoms with E-state index in [-0.39, 0.29) is 0 Å². The van der Waals surface area contributed by atoms with Gasteiger partial charge in [0.25, 0.3) is 0 Å². The fourth-order valence-electron chi connectivity index (χ4n) is 1.57. The Balaban J connectivity index is 2.29. The van der Waals surface area contributed by atoms with Crippen molar-refractivity contribution in [3.8, 4) is 0 Å². The normalized spacial score (nSPS) is 33.0. The van der Waals surface area contributed by atoms with Crippen LogP contribution in [0.4, 0.5) is 0 Å². The first-order valence-electron chi connectivity index (χ1n) is 4.18. The van der Waals surface area contributed by atoms with Gasteiger partial charge < -0.3 is 14.9 Å². The van der Waals surface area contributed by atoms with Gasteiger partial charge in [-0.25, -0.2) is 0 Å². The summed E-state index contributed by atoms with van der Waals surface area (Å²) >= 11 is 0. The van der Waals surface area contributed by atoms with Crippen molar-refractivity contribution < 1.29 is 14.9 Å². The molecule has 1 saturated heterocycles. The number of aliphatic hydroxyl groups excluding tert-OH is 1. The second kappa shape index (κ2) is 4.20. The number of rotatable bonds is 2. The van der Waals surface area contributed by atoms with E-state index in [0.29, 0.717) is 18.1 Å². The van der Waals surface area contributed by atoms with Crippen LogP contribution >= 0.6 is 0 Å². The molecular weight excluding hydrogens is 160 g/mol. The van der Waals surface area contributed by atoms with Gasteiger partial charge in [0.15, 0.2) is 6.29 Å². The Bertz CT molecular complexity index is 118. The number of aliphatic hydroxyl groups is 2. The maximum Gasteiger partial charge on any atom is 0.151 e. The summed E-state index contributed by atoms with van der Waals surface area (Å²) in [6.07, 6.45) is 1.48. The molecule has 0 radical (unpaired) electrons. The molecule has 0 spiro atoms. The van der Waals surface area contributed by atoms with Gasteiger partial charge in [-0.2, -0.15) is 0 Å². The van der Waals surface area contributed by atoms with Crippen LogP contribution < -0.4 is 0 Å². The van der Waals surface area contributed by atoms with Gasteiger partial charge in [0.05, 0.1) is 0 Å². The number of ether oxygens (including phenoxy) is 1. The Hall–Kier alpha value is 0.0969. The molecule has 11 heavy (non-hydrogen) atoms. The highest BCUT2D eigenvalue weighted by Gasteiger charge is 2.23. The van der Waals surface area contributed by atoms with Crippen LogP contribution in [-0.2, 0) is 4.74 Å². The lowest BCUT2D eigenvalue weighted by atomic mass is 9.98. The van der Waals surface area contributed by atoms with Crippen LogP contribution in [0, 0.1) is 5.92 Å². The van der Waals surface area contributed by atoms with E-state index in [4.69, 9.17) is 14.9 Å². The lowest BCUT2D eigenvalue weighted by Gasteiger charge is -2.29. The van der Waals surface area contributed by atoms with Gasteiger partial charge in [-0.15, -0.1) is 0 Å². The molecule has 0 aliphatic carbocycles. The lowest BCUT2D eigenvalue weighted by molar-refractivity contribution is -0.0785. The summed E-state index contributed by atoms with van der Waals surface area (Å²) in [6.45, 7) is 0.853. The third-order valence-corrected chi connectivity index (χ3v) is 3.55. The van der Waals surface area contributed by atoms with Crippen molar-refractivity contribution in [2.24, 2.45) is 5.92 Å². The van der Waals surface area contributed by atoms with Gasteiger partial charge in [-0.1, -0.05) is 0 Å². The first kappa shape index (κ1) is 9.19. The first-order valence-corrected chi connectivity index (χ1v) is 5.33. The fourth-order valence-corrected chi connectivity index (χ4v) is 2.41. The summed E-state index contributed by atoms with van der Waals surface area (Å²) in [7, 11) is 0.995. The SMILES string of the molecule is OC(O)CC1CCCOC1[SiH3]. The van der Waals surface area contributed by atoms with E-state index in [1.807, 2.05) is 0 Å². The topological polar surface area (TPSA) is 49.7 Å². The van der Waals surface area contributed by atoms with Crippen LogP contribution in [0.15, 0.2) is 0 Å². The third kappa shape index (κ3) is 2.90. The molecule has 0 aromatic heterocycles. The minimum atomic E-state index is -1.15. The maximum atomic E-state index is 8.74. The molecule has 1 rings (SSSR count). The first-order chi connectivity index (χ1) is 5.20. The molecule has 0 aromatic carbocycles. The van der Waals surface area contributed by atoms with Crippen molar-refractivity contribution in [2.45, 2.75) is 31.3 Å². The average Bonchev–Trinajstić information content (AvgIpc) is 1.93. The number of hydrogen-bond acceptors (Lipinski definition) is 3. The van der Waals surface area contributed by atoms with E-state index in [0.717, 1.165) is 29.7 Å². The Morgan fingerprint density at radius 3 is 2.82 bits per heavy atom. The molecular formula is C7H16O3Si. The molecule has 0 amide bonds. The Labute approximate surface area is 69.8 Å². The van der Waals surface area contributed by atoms with Gasteiger partial charge in [0.2, 0.25) is 0 Å². The third-order valence-electron chi connectivity index (χ3n) is 2.28. The highest BCUT2D eigenvalue weighted by Crippen LogP contribution is 2.22. The molecule has 0 saturated carbocycles. The summed E-state index contributed by atoms with van der Waals surface area (Å²) < 4.78 is 5.43. The van der Waals surface area contributed by atoms with Crippen molar-refractivity contribution in [1.82, 2.24) is 0 Å². The Kier molecular flexibility index (Phi) is 3.51. The van der Waals surface area contributed by atoms with Crippen LogP contribution in [0.1, 0.15) is 19.3 Å². The second-order valence-corrected chi connectivity index (χ2v) is 4.33. The monoisotopic (exact) mass is 176 g/mol. The molecule has 2 N–H and O–H groups in total. The molecule has 1 aliphatic heterocycles. The van der Waals surface area contributed by atoms with E-state index < -0.39 is 6.29 Å². The van der Waals surface area contributed by atoms with Crippen LogP contribution in [0.25, 0.3) is 0 Å². The predicted molar refractivity (Wildman–Crippen MR) is 45.2 cm³/mol. The van der Waals surface area contributed by atoms with Crippen LogP contribution in [0.3, 0.4) is 0 Å². The zero-order valence-electron chi connectivity index (χ0n) is 6.86. The van der Waals surface area contributed by atoms with Crippen LogP contribution in [-0.4, -0.2) is 39.1 Å². The molecule has 4 heteroatoms. The van der Waals surface area contributed by atoms with Crippen molar-refractivity contribution in [3.63, 3.8) is 0 Å². The fraction of sp³-hybridized carbons (Fsp3) is 1.00. The maximum absolute atomic E-state index is 8.74. The molecule has 1 fully saturated rings. The molecule has 2 unspecified atom stereocenters. The Morgan fingerprint density at radius 2 is 2.27 bits per heavy atom. The summed E-state index contributed by atoms with van der Waals surface area (Å²) in [5, 5.41) is 17.5. The van der Waals surface area contributed by atoms with Crippen LogP contribution in [0.5, 0.6) is 0 Å². The summed E-state index contributed by atoms with van der Waals surface area (Å²) in [5.41, 5.74) is 0.325. The highest BCUT2D eigenvalue weighted by molar-refractivity contribution is 6.11. The van der Waals surface area contributed by atoms with E-state index >= 15 is 0 Å². The van der Waals surface area contributed by atoms with Gasteiger partial charge >= 0.3 is 0 Å². The molecule has 0 bridgehead atoms. The molecule has 1 heterocycles.